The standard InChI is InChI=1S/C28H33N5O7S/c1-17(34)31-28(25(38)40-6)15-27(24(36)37,16-32-12-7-10-30-32)33(21(28)22-29-11-13-41-22)23(35)18-8-9-19(26(2,3)4)20(14-18)39-5/h7-14,21H,15-16H2,1-6H3,(H,31,34)(H,36,37). The fourth-order valence-corrected chi connectivity index (χ4v) is 6.40. The van der Waals surface area contributed by atoms with Gasteiger partial charge in [-0.25, -0.2) is 14.6 Å². The molecule has 0 aliphatic carbocycles. The van der Waals surface area contributed by atoms with E-state index in [4.69, 9.17) is 9.47 Å². The van der Waals surface area contributed by atoms with Gasteiger partial charge >= 0.3 is 11.9 Å². The van der Waals surface area contributed by atoms with Crippen LogP contribution in [0.25, 0.3) is 0 Å². The highest BCUT2D eigenvalue weighted by Gasteiger charge is 2.70. The zero-order chi connectivity index (χ0) is 30.2. The quantitative estimate of drug-likeness (QED) is 0.381. The lowest BCUT2D eigenvalue weighted by Crippen LogP contribution is -2.58. The number of aromatic nitrogens is 3. The van der Waals surface area contributed by atoms with Gasteiger partial charge in [-0.15, -0.1) is 11.3 Å². The van der Waals surface area contributed by atoms with Crippen LogP contribution in [0.4, 0.5) is 0 Å². The molecule has 12 nitrogen and oxygen atoms in total. The molecule has 1 aliphatic rings. The Morgan fingerprint density at radius 1 is 1.20 bits per heavy atom. The van der Waals surface area contributed by atoms with Crippen LogP contribution in [0.5, 0.6) is 5.75 Å². The van der Waals surface area contributed by atoms with Gasteiger partial charge in [0.1, 0.15) is 16.8 Å². The molecule has 3 heterocycles. The van der Waals surface area contributed by atoms with Gasteiger partial charge < -0.3 is 24.8 Å². The van der Waals surface area contributed by atoms with Crippen LogP contribution in [0.15, 0.2) is 48.2 Å². The van der Waals surface area contributed by atoms with Gasteiger partial charge in [-0.2, -0.15) is 5.10 Å². The number of likely N-dealkylation sites (tertiary alicyclic amines) is 1. The van der Waals surface area contributed by atoms with Crippen LogP contribution >= 0.6 is 11.3 Å². The highest BCUT2D eigenvalue weighted by molar-refractivity contribution is 7.09. The van der Waals surface area contributed by atoms with E-state index < -0.39 is 47.3 Å². The Bertz CT molecular complexity index is 1450. The molecular weight excluding hydrogens is 550 g/mol. The number of methoxy groups -OCH3 is 2. The predicted molar refractivity (Wildman–Crippen MR) is 148 cm³/mol. The van der Waals surface area contributed by atoms with Crippen molar-refractivity contribution in [2.24, 2.45) is 0 Å². The third kappa shape index (κ3) is 5.17. The summed E-state index contributed by atoms with van der Waals surface area (Å²) in [5.41, 5.74) is -3.37. The molecule has 3 aromatic rings. The second kappa shape index (κ2) is 11.0. The van der Waals surface area contributed by atoms with Gasteiger partial charge in [0.25, 0.3) is 5.91 Å². The van der Waals surface area contributed by atoms with Crippen molar-refractivity contribution in [2.75, 3.05) is 14.2 Å². The molecule has 2 amide bonds. The van der Waals surface area contributed by atoms with Crippen molar-refractivity contribution >= 4 is 35.1 Å². The number of carbonyl (C=O) groups is 4. The minimum atomic E-state index is -2.06. The zero-order valence-corrected chi connectivity index (χ0v) is 24.5. The monoisotopic (exact) mass is 583 g/mol. The summed E-state index contributed by atoms with van der Waals surface area (Å²) in [4.78, 5) is 59.7. The van der Waals surface area contributed by atoms with Gasteiger partial charge in [0, 0.05) is 42.9 Å². The Morgan fingerprint density at radius 2 is 1.93 bits per heavy atom. The van der Waals surface area contributed by atoms with Crippen LogP contribution in [0, 0.1) is 0 Å². The third-order valence-corrected chi connectivity index (χ3v) is 8.08. The summed E-state index contributed by atoms with van der Waals surface area (Å²) in [6, 6.07) is 5.20. The molecular formula is C28H33N5O7S. The molecule has 2 aromatic heterocycles. The van der Waals surface area contributed by atoms with Gasteiger partial charge in [-0.05, 0) is 29.2 Å². The van der Waals surface area contributed by atoms with Crippen molar-refractivity contribution in [3.8, 4) is 5.75 Å². The molecule has 0 saturated carbocycles. The van der Waals surface area contributed by atoms with Crippen LogP contribution < -0.4 is 10.1 Å². The van der Waals surface area contributed by atoms with E-state index in [9.17, 15) is 24.3 Å². The van der Waals surface area contributed by atoms with Crippen molar-refractivity contribution in [2.45, 2.75) is 63.2 Å². The molecule has 3 atom stereocenters. The van der Waals surface area contributed by atoms with Crippen LogP contribution in [-0.4, -0.2) is 73.8 Å². The summed E-state index contributed by atoms with van der Waals surface area (Å²) in [6.45, 7) is 6.90. The number of carboxylic acids is 1. The third-order valence-electron chi connectivity index (χ3n) is 7.25. The first kappa shape index (κ1) is 29.7. The van der Waals surface area contributed by atoms with Gasteiger partial charge in [-0.1, -0.05) is 26.8 Å². The summed E-state index contributed by atoms with van der Waals surface area (Å²) in [7, 11) is 2.63. The van der Waals surface area contributed by atoms with Crippen LogP contribution in [0.1, 0.15) is 61.1 Å². The highest BCUT2D eigenvalue weighted by atomic mass is 32.1. The van der Waals surface area contributed by atoms with Crippen LogP contribution in [-0.2, 0) is 31.1 Å². The Morgan fingerprint density at radius 3 is 2.44 bits per heavy atom. The Hall–Kier alpha value is -4.26. The lowest BCUT2D eigenvalue weighted by atomic mass is 9.84. The summed E-state index contributed by atoms with van der Waals surface area (Å²) in [6.07, 6.45) is 4.01. The number of carboxylic acid groups (broad SMARTS) is 1. The van der Waals surface area contributed by atoms with Crippen molar-refractivity contribution in [1.29, 1.82) is 0 Å². The highest BCUT2D eigenvalue weighted by Crippen LogP contribution is 2.52. The van der Waals surface area contributed by atoms with E-state index in [2.05, 4.69) is 15.4 Å². The number of thiazole rings is 1. The number of carbonyl (C=O) groups excluding carboxylic acids is 3. The van der Waals surface area contributed by atoms with E-state index >= 15 is 0 Å². The maximum Gasteiger partial charge on any atom is 0.334 e. The van der Waals surface area contributed by atoms with Crippen molar-refractivity contribution in [3.05, 3.63) is 64.4 Å². The van der Waals surface area contributed by atoms with E-state index in [-0.39, 0.29) is 22.5 Å². The predicted octanol–water partition coefficient (Wildman–Crippen LogP) is 2.80. The van der Waals surface area contributed by atoms with E-state index in [1.165, 1.54) is 31.1 Å². The topological polar surface area (TPSA) is 153 Å². The maximum atomic E-state index is 14.6. The molecule has 1 aliphatic heterocycles. The Balaban J connectivity index is 2.03. The number of hydrogen-bond acceptors (Lipinski definition) is 9. The second-order valence-electron chi connectivity index (χ2n) is 11.0. The first-order valence-corrected chi connectivity index (χ1v) is 13.7. The second-order valence-corrected chi connectivity index (χ2v) is 11.9. The van der Waals surface area contributed by atoms with Gasteiger partial charge in [-0.3, -0.25) is 14.3 Å². The molecule has 1 aromatic carbocycles. The number of rotatable bonds is 8. The molecule has 3 unspecified atom stereocenters. The molecule has 2 N–H and O–H groups in total. The minimum Gasteiger partial charge on any atom is -0.496 e. The van der Waals surface area contributed by atoms with E-state index in [1.807, 2.05) is 20.8 Å². The molecule has 0 bridgehead atoms. The van der Waals surface area contributed by atoms with Gasteiger partial charge in [0.15, 0.2) is 11.1 Å². The molecule has 218 valence electrons. The summed E-state index contributed by atoms with van der Waals surface area (Å²) < 4.78 is 12.1. The van der Waals surface area contributed by atoms with E-state index in [0.717, 1.165) is 28.9 Å². The normalized spacial score (nSPS) is 22.3. The molecule has 13 heteroatoms. The lowest BCUT2D eigenvalue weighted by Gasteiger charge is -2.38. The molecule has 0 radical (unpaired) electrons. The number of aliphatic carboxylic acids is 1. The first-order valence-electron chi connectivity index (χ1n) is 12.8. The van der Waals surface area contributed by atoms with Gasteiger partial charge in [0.05, 0.1) is 20.8 Å². The lowest BCUT2D eigenvalue weighted by molar-refractivity contribution is -0.152. The fourth-order valence-electron chi connectivity index (χ4n) is 5.58. The molecule has 4 rings (SSSR count). The number of benzene rings is 1. The molecule has 41 heavy (non-hydrogen) atoms. The molecule has 1 fully saturated rings. The minimum absolute atomic E-state index is 0.131. The first-order chi connectivity index (χ1) is 19.3. The van der Waals surface area contributed by atoms with Gasteiger partial charge in [0.2, 0.25) is 5.91 Å². The average Bonchev–Trinajstić information content (AvgIpc) is 3.67. The largest absolute Gasteiger partial charge is 0.496 e. The van der Waals surface area contributed by atoms with Crippen molar-refractivity contribution in [1.82, 2.24) is 25.0 Å². The zero-order valence-electron chi connectivity index (χ0n) is 23.7. The number of hydrogen-bond donors (Lipinski definition) is 2. The maximum absolute atomic E-state index is 14.6. The van der Waals surface area contributed by atoms with Crippen molar-refractivity contribution in [3.63, 3.8) is 0 Å². The van der Waals surface area contributed by atoms with E-state index in [0.29, 0.717) is 5.75 Å². The number of esters is 1. The summed E-state index contributed by atoms with van der Waals surface area (Å²) in [5.74, 6) is -3.16. The number of ether oxygens (including phenoxy) is 2. The SMILES string of the molecule is COC(=O)C1(NC(C)=O)CC(Cn2cccn2)(C(=O)O)N(C(=O)c2ccc(C(C)(C)C)c(OC)c2)C1c1nccs1. The summed E-state index contributed by atoms with van der Waals surface area (Å²) >= 11 is 1.12. The van der Waals surface area contributed by atoms with Crippen LogP contribution in [0.2, 0.25) is 0 Å². The Kier molecular flexibility index (Phi) is 7.94. The molecule has 1 saturated heterocycles. The summed E-state index contributed by atoms with van der Waals surface area (Å²) in [5, 5.41) is 19.6. The fraction of sp³-hybridized carbons (Fsp3) is 0.429. The number of nitrogens with zero attached hydrogens (tertiary/aromatic N) is 4. The average molecular weight is 584 g/mol. The van der Waals surface area contributed by atoms with Crippen molar-refractivity contribution < 1.29 is 33.8 Å². The number of nitrogens with one attached hydrogen (secondary N) is 1. The van der Waals surface area contributed by atoms with Crippen LogP contribution in [0.3, 0.4) is 0 Å². The number of amides is 2. The Labute approximate surface area is 241 Å². The van der Waals surface area contributed by atoms with E-state index in [1.54, 1.807) is 35.8 Å². The smallest absolute Gasteiger partial charge is 0.334 e. The molecule has 0 spiro atoms.